The molecule has 4 heteroatoms. The minimum atomic E-state index is -1.15. The summed E-state index contributed by atoms with van der Waals surface area (Å²) in [5.74, 6) is -0.339. The molecule has 30 heavy (non-hydrogen) atoms. The molecule has 0 aromatic heterocycles. The van der Waals surface area contributed by atoms with Crippen LogP contribution in [0.1, 0.15) is 81.0 Å². The second kappa shape index (κ2) is 9.76. The summed E-state index contributed by atoms with van der Waals surface area (Å²) in [6, 6.07) is 15.9. The van der Waals surface area contributed by atoms with Gasteiger partial charge in [-0.1, -0.05) is 67.8 Å². The van der Waals surface area contributed by atoms with Crippen LogP contribution in [-0.2, 0) is 21.6 Å². The fourth-order valence-corrected chi connectivity index (χ4v) is 4.42. The van der Waals surface area contributed by atoms with Crippen LogP contribution in [0, 0.1) is 0 Å². The lowest BCUT2D eigenvalue weighted by Crippen LogP contribution is -2.29. The van der Waals surface area contributed by atoms with Crippen LogP contribution >= 0.6 is 0 Å². The van der Waals surface area contributed by atoms with Gasteiger partial charge in [0.2, 0.25) is 0 Å². The number of hydrogen-bond acceptors (Lipinski definition) is 3. The van der Waals surface area contributed by atoms with Crippen LogP contribution in [0.3, 0.4) is 0 Å². The van der Waals surface area contributed by atoms with Gasteiger partial charge in [-0.15, -0.1) is 0 Å². The van der Waals surface area contributed by atoms with Crippen molar-refractivity contribution in [2.45, 2.75) is 83.0 Å². The van der Waals surface area contributed by atoms with Crippen LogP contribution in [0.25, 0.3) is 0 Å². The summed E-state index contributed by atoms with van der Waals surface area (Å²) in [7, 11) is 0. The topological polar surface area (TPSA) is 66.8 Å². The molecule has 0 spiro atoms. The van der Waals surface area contributed by atoms with Crippen molar-refractivity contribution in [3.05, 3.63) is 70.8 Å². The van der Waals surface area contributed by atoms with Gasteiger partial charge in [-0.05, 0) is 61.8 Å². The Labute approximate surface area is 179 Å². The number of ether oxygens (including phenoxy) is 1. The zero-order valence-corrected chi connectivity index (χ0v) is 18.3. The maximum atomic E-state index is 11.5. The van der Waals surface area contributed by atoms with E-state index in [9.17, 15) is 15.0 Å². The summed E-state index contributed by atoms with van der Waals surface area (Å²) in [6.07, 6.45) is 5.63. The lowest BCUT2D eigenvalue weighted by Gasteiger charge is -2.27. The zero-order chi connectivity index (χ0) is 21.7. The van der Waals surface area contributed by atoms with Crippen molar-refractivity contribution in [1.29, 1.82) is 0 Å². The Morgan fingerprint density at radius 1 is 1.07 bits per heavy atom. The Balaban J connectivity index is 1.78. The van der Waals surface area contributed by atoms with E-state index in [4.69, 9.17) is 4.74 Å². The quantitative estimate of drug-likeness (QED) is 0.610. The highest BCUT2D eigenvalue weighted by molar-refractivity contribution is 5.72. The van der Waals surface area contributed by atoms with Crippen molar-refractivity contribution in [2.75, 3.05) is 0 Å². The number of rotatable bonds is 8. The molecule has 1 aliphatic carbocycles. The van der Waals surface area contributed by atoms with E-state index in [1.807, 2.05) is 50.2 Å². The molecule has 0 aliphatic heterocycles. The Morgan fingerprint density at radius 3 is 2.33 bits per heavy atom. The first kappa shape index (κ1) is 22.5. The number of hydrogen-bond donors (Lipinski definition) is 2. The molecule has 0 radical (unpaired) electrons. The SMILES string of the molecule is CC(C)OC(Cc1cccc(C(C)(O)c2ccc(C3CCCCC3)cc2)c1)C(=O)O. The molecule has 0 amide bonds. The summed E-state index contributed by atoms with van der Waals surface area (Å²) in [5, 5.41) is 20.8. The van der Waals surface area contributed by atoms with Crippen LogP contribution in [0.15, 0.2) is 48.5 Å². The molecule has 4 nitrogen and oxygen atoms in total. The van der Waals surface area contributed by atoms with Gasteiger partial charge >= 0.3 is 5.97 Å². The lowest BCUT2D eigenvalue weighted by molar-refractivity contribution is -0.153. The Morgan fingerprint density at radius 2 is 1.73 bits per heavy atom. The van der Waals surface area contributed by atoms with Gasteiger partial charge in [0.15, 0.2) is 6.10 Å². The number of carboxylic acid groups (broad SMARTS) is 1. The second-order valence-corrected chi connectivity index (χ2v) is 8.95. The molecule has 0 bridgehead atoms. The third kappa shape index (κ3) is 5.50. The van der Waals surface area contributed by atoms with Gasteiger partial charge in [-0.3, -0.25) is 0 Å². The highest BCUT2D eigenvalue weighted by Gasteiger charge is 2.27. The maximum Gasteiger partial charge on any atom is 0.333 e. The zero-order valence-electron chi connectivity index (χ0n) is 18.3. The predicted molar refractivity (Wildman–Crippen MR) is 119 cm³/mol. The molecule has 3 rings (SSSR count). The molecule has 2 aromatic rings. The number of carboxylic acids is 1. The van der Waals surface area contributed by atoms with E-state index in [1.165, 1.54) is 37.7 Å². The molecule has 2 atom stereocenters. The summed E-state index contributed by atoms with van der Waals surface area (Å²) < 4.78 is 5.53. The first-order valence-corrected chi connectivity index (χ1v) is 11.1. The largest absolute Gasteiger partial charge is 0.479 e. The molecule has 2 N–H and O–H groups in total. The summed E-state index contributed by atoms with van der Waals surface area (Å²) in [4.78, 5) is 11.5. The second-order valence-electron chi connectivity index (χ2n) is 8.95. The van der Waals surface area contributed by atoms with Crippen molar-refractivity contribution in [3.8, 4) is 0 Å². The molecule has 2 aromatic carbocycles. The molecule has 0 heterocycles. The average Bonchev–Trinajstić information content (AvgIpc) is 2.74. The normalized spacial score (nSPS) is 18.2. The molecule has 1 saturated carbocycles. The van der Waals surface area contributed by atoms with Crippen molar-refractivity contribution in [3.63, 3.8) is 0 Å². The monoisotopic (exact) mass is 410 g/mol. The molecule has 0 saturated heterocycles. The minimum Gasteiger partial charge on any atom is -0.479 e. The highest BCUT2D eigenvalue weighted by Crippen LogP contribution is 2.35. The van der Waals surface area contributed by atoms with Crippen LogP contribution in [0.2, 0.25) is 0 Å². The van der Waals surface area contributed by atoms with Crippen LogP contribution < -0.4 is 0 Å². The van der Waals surface area contributed by atoms with Crippen LogP contribution in [0.5, 0.6) is 0 Å². The van der Waals surface area contributed by atoms with E-state index in [-0.39, 0.29) is 12.5 Å². The van der Waals surface area contributed by atoms with Gasteiger partial charge in [0, 0.05) is 6.42 Å². The standard InChI is InChI=1S/C26H34O4/c1-18(2)30-24(25(27)28)17-19-8-7-11-23(16-19)26(3,29)22-14-12-21(13-15-22)20-9-5-4-6-10-20/h7-8,11-16,18,20,24,29H,4-6,9-10,17H2,1-3H3,(H,27,28). The van der Waals surface area contributed by atoms with Gasteiger partial charge < -0.3 is 14.9 Å². The van der Waals surface area contributed by atoms with Crippen LogP contribution in [0.4, 0.5) is 0 Å². The van der Waals surface area contributed by atoms with Gasteiger partial charge in [0.1, 0.15) is 5.60 Å². The van der Waals surface area contributed by atoms with Gasteiger partial charge in [0.05, 0.1) is 6.10 Å². The van der Waals surface area contributed by atoms with E-state index < -0.39 is 17.7 Å². The fourth-order valence-electron chi connectivity index (χ4n) is 4.42. The molecule has 162 valence electrons. The third-order valence-electron chi connectivity index (χ3n) is 6.17. The van der Waals surface area contributed by atoms with E-state index in [2.05, 4.69) is 12.1 Å². The molecule has 2 unspecified atom stereocenters. The van der Waals surface area contributed by atoms with Crippen LogP contribution in [-0.4, -0.2) is 28.4 Å². The predicted octanol–water partition coefficient (Wildman–Crippen LogP) is 5.41. The van der Waals surface area contributed by atoms with Crippen molar-refractivity contribution in [2.24, 2.45) is 0 Å². The first-order chi connectivity index (χ1) is 14.3. The number of aliphatic hydroxyl groups is 1. The lowest BCUT2D eigenvalue weighted by atomic mass is 9.82. The minimum absolute atomic E-state index is 0.167. The van der Waals surface area contributed by atoms with E-state index in [0.29, 0.717) is 5.92 Å². The summed E-state index contributed by atoms with van der Waals surface area (Å²) in [6.45, 7) is 5.45. The smallest absolute Gasteiger partial charge is 0.333 e. The molecule has 1 aliphatic rings. The third-order valence-corrected chi connectivity index (χ3v) is 6.17. The van der Waals surface area contributed by atoms with Crippen molar-refractivity contribution >= 4 is 5.97 Å². The van der Waals surface area contributed by atoms with Gasteiger partial charge in [-0.2, -0.15) is 0 Å². The van der Waals surface area contributed by atoms with Gasteiger partial charge in [-0.25, -0.2) is 4.79 Å². The van der Waals surface area contributed by atoms with E-state index >= 15 is 0 Å². The Bertz CT molecular complexity index is 832. The van der Waals surface area contributed by atoms with E-state index in [1.54, 1.807) is 6.92 Å². The molecular weight excluding hydrogens is 376 g/mol. The summed E-state index contributed by atoms with van der Waals surface area (Å²) in [5.41, 5.74) is 2.63. The number of benzene rings is 2. The van der Waals surface area contributed by atoms with E-state index in [0.717, 1.165) is 16.7 Å². The fraction of sp³-hybridized carbons (Fsp3) is 0.500. The van der Waals surface area contributed by atoms with Gasteiger partial charge in [0.25, 0.3) is 0 Å². The Hall–Kier alpha value is -2.17. The van der Waals surface area contributed by atoms with Crippen molar-refractivity contribution < 1.29 is 19.7 Å². The summed E-state index contributed by atoms with van der Waals surface area (Å²) >= 11 is 0. The van der Waals surface area contributed by atoms with Crippen molar-refractivity contribution in [1.82, 2.24) is 0 Å². The first-order valence-electron chi connectivity index (χ1n) is 11.1. The Kier molecular flexibility index (Phi) is 7.32. The number of carbonyl (C=O) groups is 1. The number of aliphatic carboxylic acids is 1. The molecule has 1 fully saturated rings. The average molecular weight is 411 g/mol. The molecular formula is C26H34O4. The maximum absolute atomic E-state index is 11.5. The highest BCUT2D eigenvalue weighted by atomic mass is 16.5.